The molecule has 2 rings (SSSR count). The molecule has 1 atom stereocenters. The molecule has 0 aliphatic carbocycles. The molecule has 1 aliphatic heterocycles. The number of nitrogens with zero attached hydrogens (tertiary/aromatic N) is 1. The Hall–Kier alpha value is -0.960. The SMILES string of the molecule is CN1CCCC1CCOc1ccc[nH]1. The lowest BCUT2D eigenvalue weighted by Gasteiger charge is -2.18. The summed E-state index contributed by atoms with van der Waals surface area (Å²) in [6.07, 6.45) is 5.68. The number of H-pyrrole nitrogens is 1. The lowest BCUT2D eigenvalue weighted by atomic mass is 10.1. The third kappa shape index (κ3) is 2.29. The quantitative estimate of drug-likeness (QED) is 0.792. The van der Waals surface area contributed by atoms with Crippen LogP contribution in [0.15, 0.2) is 18.3 Å². The van der Waals surface area contributed by atoms with E-state index in [1.165, 1.54) is 19.4 Å². The Kier molecular flexibility index (Phi) is 3.09. The first-order valence-electron chi connectivity index (χ1n) is 5.32. The van der Waals surface area contributed by atoms with Gasteiger partial charge in [-0.3, -0.25) is 0 Å². The molecule has 1 saturated heterocycles. The molecule has 0 aromatic carbocycles. The lowest BCUT2D eigenvalue weighted by molar-refractivity contribution is 0.229. The molecule has 0 amide bonds. The molecule has 3 nitrogen and oxygen atoms in total. The lowest BCUT2D eigenvalue weighted by Crippen LogP contribution is -2.26. The summed E-state index contributed by atoms with van der Waals surface area (Å²) in [5.41, 5.74) is 0. The third-order valence-electron chi connectivity index (χ3n) is 2.95. The monoisotopic (exact) mass is 194 g/mol. The van der Waals surface area contributed by atoms with E-state index in [9.17, 15) is 0 Å². The zero-order chi connectivity index (χ0) is 9.80. The van der Waals surface area contributed by atoms with Gasteiger partial charge >= 0.3 is 0 Å². The highest BCUT2D eigenvalue weighted by molar-refractivity contribution is 5.09. The molecule has 1 aromatic heterocycles. The van der Waals surface area contributed by atoms with Crippen molar-refractivity contribution in [2.75, 3.05) is 20.2 Å². The van der Waals surface area contributed by atoms with Crippen LogP contribution in [0.2, 0.25) is 0 Å². The van der Waals surface area contributed by atoms with Gasteiger partial charge in [0.1, 0.15) is 0 Å². The molecule has 14 heavy (non-hydrogen) atoms. The zero-order valence-electron chi connectivity index (χ0n) is 8.70. The smallest absolute Gasteiger partial charge is 0.190 e. The Labute approximate surface area is 85.1 Å². The van der Waals surface area contributed by atoms with Gasteiger partial charge in [0, 0.05) is 12.2 Å². The summed E-state index contributed by atoms with van der Waals surface area (Å²) in [6, 6.07) is 4.64. The first-order valence-corrected chi connectivity index (χ1v) is 5.32. The van der Waals surface area contributed by atoms with Crippen molar-refractivity contribution >= 4 is 0 Å². The van der Waals surface area contributed by atoms with E-state index in [2.05, 4.69) is 16.9 Å². The summed E-state index contributed by atoms with van der Waals surface area (Å²) in [5, 5.41) is 0. The second-order valence-corrected chi connectivity index (χ2v) is 3.95. The Morgan fingerprint density at radius 2 is 2.57 bits per heavy atom. The maximum Gasteiger partial charge on any atom is 0.190 e. The predicted molar refractivity (Wildman–Crippen MR) is 56.6 cm³/mol. The molecule has 3 heteroatoms. The van der Waals surface area contributed by atoms with E-state index in [0.717, 1.165) is 24.9 Å². The number of aromatic amines is 1. The van der Waals surface area contributed by atoms with Gasteiger partial charge in [-0.05, 0) is 45.0 Å². The molecule has 78 valence electrons. The van der Waals surface area contributed by atoms with Crippen LogP contribution in [0.5, 0.6) is 5.88 Å². The molecular weight excluding hydrogens is 176 g/mol. The molecule has 0 spiro atoms. The van der Waals surface area contributed by atoms with Gasteiger partial charge in [-0.15, -0.1) is 0 Å². The van der Waals surface area contributed by atoms with E-state index in [1.54, 1.807) is 0 Å². The fourth-order valence-electron chi connectivity index (χ4n) is 2.05. The molecule has 0 radical (unpaired) electrons. The fourth-order valence-corrected chi connectivity index (χ4v) is 2.05. The number of hydrogen-bond donors (Lipinski definition) is 1. The summed E-state index contributed by atoms with van der Waals surface area (Å²) in [4.78, 5) is 5.47. The van der Waals surface area contributed by atoms with Crippen LogP contribution in [0.1, 0.15) is 19.3 Å². The van der Waals surface area contributed by atoms with Gasteiger partial charge in [-0.25, -0.2) is 0 Å². The van der Waals surface area contributed by atoms with Gasteiger partial charge in [-0.1, -0.05) is 0 Å². The minimum atomic E-state index is 0.727. The summed E-state index contributed by atoms with van der Waals surface area (Å²) in [6.45, 7) is 2.06. The topological polar surface area (TPSA) is 28.3 Å². The van der Waals surface area contributed by atoms with Crippen molar-refractivity contribution < 1.29 is 4.74 Å². The number of hydrogen-bond acceptors (Lipinski definition) is 2. The van der Waals surface area contributed by atoms with E-state index in [-0.39, 0.29) is 0 Å². The van der Waals surface area contributed by atoms with Crippen LogP contribution in [0.25, 0.3) is 0 Å². The van der Waals surface area contributed by atoms with Crippen molar-refractivity contribution in [3.8, 4) is 5.88 Å². The number of likely N-dealkylation sites (tertiary alicyclic amines) is 1. The van der Waals surface area contributed by atoms with E-state index in [0.29, 0.717) is 0 Å². The maximum atomic E-state index is 5.57. The highest BCUT2D eigenvalue weighted by atomic mass is 16.5. The molecular formula is C11H18N2O. The van der Waals surface area contributed by atoms with Crippen molar-refractivity contribution in [1.29, 1.82) is 0 Å². The Balaban J connectivity index is 1.68. The van der Waals surface area contributed by atoms with Crippen molar-refractivity contribution in [3.05, 3.63) is 18.3 Å². The van der Waals surface area contributed by atoms with Crippen LogP contribution in [0.4, 0.5) is 0 Å². The predicted octanol–water partition coefficient (Wildman–Crippen LogP) is 1.88. The van der Waals surface area contributed by atoms with Gasteiger partial charge in [0.05, 0.1) is 6.61 Å². The van der Waals surface area contributed by atoms with E-state index >= 15 is 0 Å². The largest absolute Gasteiger partial charge is 0.479 e. The second kappa shape index (κ2) is 4.51. The van der Waals surface area contributed by atoms with Crippen LogP contribution in [-0.4, -0.2) is 36.1 Å². The van der Waals surface area contributed by atoms with Gasteiger partial charge in [0.15, 0.2) is 5.88 Å². The van der Waals surface area contributed by atoms with Gasteiger partial charge < -0.3 is 14.6 Å². The second-order valence-electron chi connectivity index (χ2n) is 3.95. The highest BCUT2D eigenvalue weighted by Crippen LogP contribution is 2.18. The molecule has 1 unspecified atom stereocenters. The molecule has 1 aliphatic rings. The molecule has 1 aromatic rings. The van der Waals surface area contributed by atoms with E-state index < -0.39 is 0 Å². The van der Waals surface area contributed by atoms with E-state index in [4.69, 9.17) is 4.74 Å². The highest BCUT2D eigenvalue weighted by Gasteiger charge is 2.20. The Morgan fingerprint density at radius 1 is 1.64 bits per heavy atom. The first-order chi connectivity index (χ1) is 6.86. The minimum absolute atomic E-state index is 0.727. The molecule has 1 N–H and O–H groups in total. The number of rotatable bonds is 4. The minimum Gasteiger partial charge on any atom is -0.479 e. The van der Waals surface area contributed by atoms with Crippen LogP contribution in [-0.2, 0) is 0 Å². The normalized spacial score (nSPS) is 22.8. The van der Waals surface area contributed by atoms with E-state index in [1.807, 2.05) is 18.3 Å². The van der Waals surface area contributed by atoms with Gasteiger partial charge in [-0.2, -0.15) is 0 Å². The van der Waals surface area contributed by atoms with Crippen molar-refractivity contribution in [2.24, 2.45) is 0 Å². The average molecular weight is 194 g/mol. The summed E-state index contributed by atoms with van der Waals surface area (Å²) >= 11 is 0. The summed E-state index contributed by atoms with van der Waals surface area (Å²) in [7, 11) is 2.20. The molecule has 1 fully saturated rings. The fraction of sp³-hybridized carbons (Fsp3) is 0.636. The summed E-state index contributed by atoms with van der Waals surface area (Å²) < 4.78 is 5.57. The number of nitrogens with one attached hydrogen (secondary N) is 1. The number of aromatic nitrogens is 1. The van der Waals surface area contributed by atoms with Crippen LogP contribution in [0.3, 0.4) is 0 Å². The number of ether oxygens (including phenoxy) is 1. The zero-order valence-corrected chi connectivity index (χ0v) is 8.70. The van der Waals surface area contributed by atoms with Crippen LogP contribution < -0.4 is 4.74 Å². The van der Waals surface area contributed by atoms with Crippen molar-refractivity contribution in [2.45, 2.75) is 25.3 Å². The molecule has 2 heterocycles. The molecule has 0 saturated carbocycles. The van der Waals surface area contributed by atoms with Crippen LogP contribution >= 0.6 is 0 Å². The van der Waals surface area contributed by atoms with Crippen molar-refractivity contribution in [3.63, 3.8) is 0 Å². The third-order valence-corrected chi connectivity index (χ3v) is 2.95. The standard InChI is InChI=1S/C11H18N2O/c1-13-8-3-4-10(13)6-9-14-11-5-2-7-12-11/h2,5,7,10,12H,3-4,6,8-9H2,1H3. The van der Waals surface area contributed by atoms with Gasteiger partial charge in [0.25, 0.3) is 0 Å². The first kappa shape index (κ1) is 9.59. The Bertz CT molecular complexity index is 258. The Morgan fingerprint density at radius 3 is 3.21 bits per heavy atom. The summed E-state index contributed by atoms with van der Waals surface area (Å²) in [5.74, 6) is 0.880. The van der Waals surface area contributed by atoms with Crippen molar-refractivity contribution in [1.82, 2.24) is 9.88 Å². The average Bonchev–Trinajstić information content (AvgIpc) is 2.78. The maximum absolute atomic E-state index is 5.57. The molecule has 0 bridgehead atoms. The van der Waals surface area contributed by atoms with Crippen LogP contribution in [0, 0.1) is 0 Å². The van der Waals surface area contributed by atoms with Gasteiger partial charge in [0.2, 0.25) is 0 Å².